The molecule has 0 unspecified atom stereocenters. The number of ketones is 1. The number of primary amides is 1. The Kier molecular flexibility index (Phi) is 4.27. The normalized spacial score (nSPS) is 15.2. The van der Waals surface area contributed by atoms with Crippen molar-refractivity contribution in [1.82, 2.24) is 0 Å². The van der Waals surface area contributed by atoms with Gasteiger partial charge in [-0.2, -0.15) is 0 Å². The van der Waals surface area contributed by atoms with E-state index in [1.54, 1.807) is 12.1 Å². The van der Waals surface area contributed by atoms with Crippen molar-refractivity contribution < 1.29 is 9.59 Å². The Morgan fingerprint density at radius 2 is 1.95 bits per heavy atom. The van der Waals surface area contributed by atoms with Crippen LogP contribution in [0, 0.1) is 0 Å². The first kappa shape index (κ1) is 14.4. The first-order valence-corrected chi connectivity index (χ1v) is 6.94. The van der Waals surface area contributed by atoms with Gasteiger partial charge in [0.05, 0.1) is 6.54 Å². The van der Waals surface area contributed by atoms with Gasteiger partial charge in [0.25, 0.3) is 0 Å². The van der Waals surface area contributed by atoms with Gasteiger partial charge in [0.2, 0.25) is 5.91 Å². The molecule has 1 aromatic carbocycles. The fourth-order valence-corrected chi connectivity index (χ4v) is 2.86. The predicted octanol–water partition coefficient (Wildman–Crippen LogP) is 1.71. The lowest BCUT2D eigenvalue weighted by atomic mass is 10.1. The van der Waals surface area contributed by atoms with Crippen LogP contribution in [0.4, 0.5) is 11.4 Å². The van der Waals surface area contributed by atoms with Gasteiger partial charge >= 0.3 is 0 Å². The lowest BCUT2D eigenvalue weighted by Gasteiger charge is -2.30. The van der Waals surface area contributed by atoms with E-state index >= 15 is 0 Å². The minimum atomic E-state index is -0.355. The van der Waals surface area contributed by atoms with Crippen molar-refractivity contribution in [3.05, 3.63) is 23.8 Å². The van der Waals surface area contributed by atoms with Gasteiger partial charge in [-0.15, -0.1) is 0 Å². The van der Waals surface area contributed by atoms with Crippen LogP contribution < -0.4 is 16.4 Å². The third kappa shape index (κ3) is 3.10. The van der Waals surface area contributed by atoms with Gasteiger partial charge in [0, 0.05) is 23.0 Å². The highest BCUT2D eigenvalue weighted by atomic mass is 16.1. The molecule has 0 radical (unpaired) electrons. The van der Waals surface area contributed by atoms with E-state index in [0.29, 0.717) is 17.3 Å². The number of nitrogens with zero attached hydrogens (tertiary/aromatic N) is 1. The van der Waals surface area contributed by atoms with Gasteiger partial charge in [-0.05, 0) is 38.0 Å². The number of carbonyl (C=O) groups is 2. The Morgan fingerprint density at radius 3 is 2.45 bits per heavy atom. The lowest BCUT2D eigenvalue weighted by Crippen LogP contribution is -2.40. The molecule has 1 aromatic rings. The SMILES string of the molecule is CC(=O)c1ccc(N(CC(N)=O)C2CCCC2)cc1N. The summed E-state index contributed by atoms with van der Waals surface area (Å²) >= 11 is 0. The predicted molar refractivity (Wildman–Crippen MR) is 79.7 cm³/mol. The number of benzene rings is 1. The number of hydrogen-bond donors (Lipinski definition) is 2. The molecule has 0 spiro atoms. The molecule has 0 bridgehead atoms. The van der Waals surface area contributed by atoms with Gasteiger partial charge in [0.1, 0.15) is 0 Å². The third-order valence-corrected chi connectivity index (χ3v) is 3.84. The molecule has 4 N–H and O–H groups in total. The van der Waals surface area contributed by atoms with Crippen LogP contribution in [0.25, 0.3) is 0 Å². The molecule has 20 heavy (non-hydrogen) atoms. The number of nitrogen functional groups attached to an aromatic ring is 1. The Labute approximate surface area is 118 Å². The van der Waals surface area contributed by atoms with Gasteiger partial charge in [-0.25, -0.2) is 0 Å². The van der Waals surface area contributed by atoms with E-state index in [1.165, 1.54) is 19.8 Å². The fraction of sp³-hybridized carbons (Fsp3) is 0.467. The van der Waals surface area contributed by atoms with E-state index in [4.69, 9.17) is 11.5 Å². The Morgan fingerprint density at radius 1 is 1.30 bits per heavy atom. The van der Waals surface area contributed by atoms with E-state index in [1.807, 2.05) is 11.0 Å². The van der Waals surface area contributed by atoms with Crippen LogP contribution in [-0.4, -0.2) is 24.3 Å². The summed E-state index contributed by atoms with van der Waals surface area (Å²) in [5, 5.41) is 0. The maximum atomic E-state index is 11.4. The molecule has 5 nitrogen and oxygen atoms in total. The second-order valence-electron chi connectivity index (χ2n) is 5.36. The molecule has 1 aliphatic carbocycles. The number of Topliss-reactive ketones (excluding diaryl/α,β-unsaturated/α-hetero) is 1. The average molecular weight is 275 g/mol. The van der Waals surface area contributed by atoms with Crippen molar-refractivity contribution in [2.24, 2.45) is 5.73 Å². The Bertz CT molecular complexity index is 522. The lowest BCUT2D eigenvalue weighted by molar-refractivity contribution is -0.116. The van der Waals surface area contributed by atoms with Crippen LogP contribution in [0.5, 0.6) is 0 Å². The highest BCUT2D eigenvalue weighted by molar-refractivity contribution is 5.99. The summed E-state index contributed by atoms with van der Waals surface area (Å²) in [5.74, 6) is -0.414. The van der Waals surface area contributed by atoms with Crippen LogP contribution in [0.2, 0.25) is 0 Å². The molecule has 1 aliphatic rings. The maximum absolute atomic E-state index is 11.4. The number of anilines is 2. The summed E-state index contributed by atoms with van der Waals surface area (Å²) in [7, 11) is 0. The van der Waals surface area contributed by atoms with Crippen molar-refractivity contribution in [2.75, 3.05) is 17.2 Å². The fourth-order valence-electron chi connectivity index (χ4n) is 2.86. The molecule has 1 fully saturated rings. The second-order valence-corrected chi connectivity index (χ2v) is 5.36. The maximum Gasteiger partial charge on any atom is 0.236 e. The van der Waals surface area contributed by atoms with Crippen molar-refractivity contribution in [1.29, 1.82) is 0 Å². The monoisotopic (exact) mass is 275 g/mol. The molecule has 0 aromatic heterocycles. The second kappa shape index (κ2) is 5.94. The number of carbonyl (C=O) groups excluding carboxylic acids is 2. The van der Waals surface area contributed by atoms with Gasteiger partial charge < -0.3 is 16.4 Å². The average Bonchev–Trinajstić information content (AvgIpc) is 2.88. The minimum absolute atomic E-state index is 0.0589. The number of hydrogen-bond acceptors (Lipinski definition) is 4. The van der Waals surface area contributed by atoms with Crippen LogP contribution in [0.3, 0.4) is 0 Å². The van der Waals surface area contributed by atoms with Gasteiger partial charge in [-0.1, -0.05) is 12.8 Å². The zero-order valence-electron chi connectivity index (χ0n) is 11.8. The first-order chi connectivity index (χ1) is 9.49. The number of nitrogens with two attached hydrogens (primary N) is 2. The van der Waals surface area contributed by atoms with Crippen molar-refractivity contribution in [2.45, 2.75) is 38.6 Å². The molecule has 108 valence electrons. The van der Waals surface area contributed by atoms with Crippen molar-refractivity contribution in [3.8, 4) is 0 Å². The van der Waals surface area contributed by atoms with Crippen LogP contribution in [-0.2, 0) is 4.79 Å². The zero-order valence-corrected chi connectivity index (χ0v) is 11.8. The topological polar surface area (TPSA) is 89.4 Å². The standard InChI is InChI=1S/C15H21N3O2/c1-10(19)13-7-6-12(8-14(13)16)18(9-15(17)20)11-4-2-3-5-11/h6-8,11H,2-5,9,16H2,1H3,(H2,17,20). The van der Waals surface area contributed by atoms with Crippen molar-refractivity contribution in [3.63, 3.8) is 0 Å². The molecule has 0 heterocycles. The summed E-state index contributed by atoms with van der Waals surface area (Å²) in [6.45, 7) is 1.67. The number of rotatable bonds is 5. The van der Waals surface area contributed by atoms with E-state index in [9.17, 15) is 9.59 Å². The van der Waals surface area contributed by atoms with E-state index in [-0.39, 0.29) is 18.2 Å². The summed E-state index contributed by atoms with van der Waals surface area (Å²) < 4.78 is 0. The summed E-state index contributed by atoms with van der Waals surface area (Å²) in [4.78, 5) is 24.7. The van der Waals surface area contributed by atoms with E-state index < -0.39 is 0 Å². The molecule has 1 amide bonds. The van der Waals surface area contributed by atoms with Crippen LogP contribution >= 0.6 is 0 Å². The molecular weight excluding hydrogens is 254 g/mol. The molecule has 2 rings (SSSR count). The smallest absolute Gasteiger partial charge is 0.236 e. The number of amides is 1. The van der Waals surface area contributed by atoms with Crippen LogP contribution in [0.1, 0.15) is 43.0 Å². The Hall–Kier alpha value is -2.04. The molecule has 5 heteroatoms. The Balaban J connectivity index is 2.30. The summed E-state index contributed by atoms with van der Waals surface area (Å²) in [6, 6.07) is 5.65. The van der Waals surface area contributed by atoms with Gasteiger partial charge in [-0.3, -0.25) is 9.59 Å². The molecule has 0 saturated heterocycles. The zero-order chi connectivity index (χ0) is 14.7. The van der Waals surface area contributed by atoms with E-state index in [0.717, 1.165) is 18.5 Å². The van der Waals surface area contributed by atoms with Crippen molar-refractivity contribution >= 4 is 23.1 Å². The third-order valence-electron chi connectivity index (χ3n) is 3.84. The molecular formula is C15H21N3O2. The van der Waals surface area contributed by atoms with E-state index in [2.05, 4.69) is 0 Å². The highest BCUT2D eigenvalue weighted by Gasteiger charge is 2.24. The summed E-state index contributed by atoms with van der Waals surface area (Å²) in [6.07, 6.45) is 4.45. The highest BCUT2D eigenvalue weighted by Crippen LogP contribution is 2.30. The largest absolute Gasteiger partial charge is 0.398 e. The minimum Gasteiger partial charge on any atom is -0.398 e. The quantitative estimate of drug-likeness (QED) is 0.632. The first-order valence-electron chi connectivity index (χ1n) is 6.94. The van der Waals surface area contributed by atoms with Gasteiger partial charge in [0.15, 0.2) is 5.78 Å². The molecule has 0 aliphatic heterocycles. The van der Waals surface area contributed by atoms with Crippen LogP contribution in [0.15, 0.2) is 18.2 Å². The molecule has 0 atom stereocenters. The summed E-state index contributed by atoms with van der Waals surface area (Å²) in [5.41, 5.74) is 13.1. The molecule has 1 saturated carbocycles.